The first-order valence-electron chi connectivity index (χ1n) is 25.6. The summed E-state index contributed by atoms with van der Waals surface area (Å²) in [4.78, 5) is 48.1. The Kier molecular flexibility index (Phi) is 44.5. The Morgan fingerprint density at radius 1 is 0.435 bits per heavy atom. The minimum Gasteiger partial charge on any atom is -0.462 e. The van der Waals surface area contributed by atoms with E-state index in [2.05, 4.69) is 32.9 Å². The maximum Gasteiger partial charge on any atom is 0.472 e. The van der Waals surface area contributed by atoms with Gasteiger partial charge in [0, 0.05) is 19.3 Å². The molecule has 0 spiro atoms. The number of esters is 3. The van der Waals surface area contributed by atoms with Gasteiger partial charge in [0.25, 0.3) is 0 Å². The summed E-state index contributed by atoms with van der Waals surface area (Å²) < 4.78 is 39.2. The molecule has 3 unspecified atom stereocenters. The van der Waals surface area contributed by atoms with Crippen molar-refractivity contribution >= 4 is 25.7 Å². The molecule has 366 valence electrons. The fraction of sp³-hybridized carbons (Fsp3) is 0.900. The van der Waals surface area contributed by atoms with Crippen molar-refractivity contribution in [3.05, 3.63) is 12.2 Å². The van der Waals surface area contributed by atoms with E-state index in [9.17, 15) is 28.9 Å². The molecule has 11 nitrogen and oxygen atoms in total. The molecule has 0 fully saturated rings. The molecular weight excluding hydrogens is 808 g/mol. The number of carbonyl (C=O) groups is 3. The Bertz CT molecular complexity index is 1100. The van der Waals surface area contributed by atoms with Crippen LogP contribution in [0.15, 0.2) is 12.2 Å². The van der Waals surface area contributed by atoms with Crippen LogP contribution in [0.5, 0.6) is 0 Å². The smallest absolute Gasteiger partial charge is 0.462 e. The van der Waals surface area contributed by atoms with Crippen LogP contribution in [0, 0.1) is 0 Å². The van der Waals surface area contributed by atoms with Crippen LogP contribution < -0.4 is 0 Å². The van der Waals surface area contributed by atoms with E-state index < -0.39 is 57.8 Å². The molecule has 0 aromatic heterocycles. The number of ether oxygens (including phenoxy) is 3. The Morgan fingerprint density at radius 2 is 0.742 bits per heavy atom. The molecule has 0 heterocycles. The average molecular weight is 903 g/mol. The highest BCUT2D eigenvalue weighted by Crippen LogP contribution is 2.43. The third-order valence-electron chi connectivity index (χ3n) is 11.2. The van der Waals surface area contributed by atoms with Crippen LogP contribution in [-0.4, -0.2) is 66.5 Å². The fourth-order valence-corrected chi connectivity index (χ4v) is 8.02. The van der Waals surface area contributed by atoms with Gasteiger partial charge in [-0.1, -0.05) is 200 Å². The van der Waals surface area contributed by atoms with Gasteiger partial charge in [-0.15, -0.1) is 0 Å². The number of hydrogen-bond acceptors (Lipinski definition) is 10. The first kappa shape index (κ1) is 60.2. The number of aliphatic hydroxyl groups excluding tert-OH is 1. The number of allylic oxidation sites excluding steroid dienone is 2. The molecule has 12 heteroatoms. The predicted octanol–water partition coefficient (Wildman–Crippen LogP) is 14.1. The number of rotatable bonds is 48. The first-order chi connectivity index (χ1) is 30.2. The number of phosphoric acid groups is 1. The number of aliphatic hydroxyl groups is 1. The van der Waals surface area contributed by atoms with Gasteiger partial charge in [-0.3, -0.25) is 23.4 Å². The van der Waals surface area contributed by atoms with Crippen molar-refractivity contribution in [3.63, 3.8) is 0 Å². The fourth-order valence-electron chi connectivity index (χ4n) is 7.23. The lowest BCUT2D eigenvalue weighted by Crippen LogP contribution is -2.30. The summed E-state index contributed by atoms with van der Waals surface area (Å²) in [5, 5.41) is 9.72. The van der Waals surface area contributed by atoms with Crippen molar-refractivity contribution in [2.24, 2.45) is 0 Å². The lowest BCUT2D eigenvalue weighted by atomic mass is 10.1. The molecule has 0 bridgehead atoms. The maximum atomic E-state index is 12.8. The standard InChI is InChI=1S/C50H95O11P/c1-4-7-10-13-16-19-20-21-22-23-24-25-26-29-32-35-38-41-50(54)61-47(43-57-48(52)39-36-33-30-27-17-14-11-8-5-2)45-59-62(55,56)58-44-46(42-51)60-49(53)40-37-34-31-28-18-15-12-9-6-3/h21-22,46-47,51H,4-20,23-45H2,1-3H3,(H,55,56)/b22-21-. The van der Waals surface area contributed by atoms with Crippen molar-refractivity contribution < 1.29 is 52.2 Å². The Hall–Kier alpha value is -1.78. The summed E-state index contributed by atoms with van der Waals surface area (Å²) in [6, 6.07) is 0. The molecule has 0 amide bonds. The van der Waals surface area contributed by atoms with Crippen molar-refractivity contribution in [1.82, 2.24) is 0 Å². The van der Waals surface area contributed by atoms with E-state index in [1.165, 1.54) is 128 Å². The minimum atomic E-state index is -4.72. The summed E-state index contributed by atoms with van der Waals surface area (Å²) in [7, 11) is -4.72. The lowest BCUT2D eigenvalue weighted by molar-refractivity contribution is -0.161. The van der Waals surface area contributed by atoms with Crippen LogP contribution in [0.2, 0.25) is 0 Å². The summed E-state index contributed by atoms with van der Waals surface area (Å²) in [5.41, 5.74) is 0. The molecule has 0 aliphatic carbocycles. The third-order valence-corrected chi connectivity index (χ3v) is 12.1. The van der Waals surface area contributed by atoms with E-state index >= 15 is 0 Å². The number of unbranched alkanes of at least 4 members (excludes halogenated alkanes) is 29. The molecule has 0 aromatic rings. The molecule has 0 saturated heterocycles. The van der Waals surface area contributed by atoms with Gasteiger partial charge in [0.1, 0.15) is 12.7 Å². The van der Waals surface area contributed by atoms with Gasteiger partial charge in [-0.25, -0.2) is 4.57 Å². The quantitative estimate of drug-likeness (QED) is 0.0197. The third kappa shape index (κ3) is 43.5. The highest BCUT2D eigenvalue weighted by molar-refractivity contribution is 7.47. The van der Waals surface area contributed by atoms with Gasteiger partial charge in [-0.2, -0.15) is 0 Å². The van der Waals surface area contributed by atoms with Crippen LogP contribution in [-0.2, 0) is 42.2 Å². The number of hydrogen-bond donors (Lipinski definition) is 2. The molecule has 0 aromatic carbocycles. The van der Waals surface area contributed by atoms with Crippen molar-refractivity contribution in [2.75, 3.05) is 26.4 Å². The zero-order chi connectivity index (χ0) is 45.6. The number of carbonyl (C=O) groups excluding carboxylic acids is 3. The van der Waals surface area contributed by atoms with E-state index in [-0.39, 0.29) is 25.9 Å². The summed E-state index contributed by atoms with van der Waals surface area (Å²) in [6.07, 6.45) is 40.5. The minimum absolute atomic E-state index is 0.169. The monoisotopic (exact) mass is 903 g/mol. The topological polar surface area (TPSA) is 155 Å². The maximum absolute atomic E-state index is 12.8. The van der Waals surface area contributed by atoms with Crippen LogP contribution >= 0.6 is 7.82 Å². The largest absolute Gasteiger partial charge is 0.472 e. The molecule has 62 heavy (non-hydrogen) atoms. The second-order valence-corrected chi connectivity index (χ2v) is 18.8. The Morgan fingerprint density at radius 3 is 1.11 bits per heavy atom. The van der Waals surface area contributed by atoms with E-state index in [0.29, 0.717) is 19.3 Å². The Labute approximate surface area is 379 Å². The van der Waals surface area contributed by atoms with E-state index in [1.54, 1.807) is 0 Å². The summed E-state index contributed by atoms with van der Waals surface area (Å²) in [5.74, 6) is -1.45. The molecule has 0 rings (SSSR count). The van der Waals surface area contributed by atoms with Crippen molar-refractivity contribution in [3.8, 4) is 0 Å². The number of phosphoric ester groups is 1. The molecular formula is C50H95O11P. The molecule has 3 atom stereocenters. The molecule has 0 aliphatic heterocycles. The van der Waals surface area contributed by atoms with E-state index in [1.807, 2.05) is 0 Å². The van der Waals surface area contributed by atoms with Gasteiger partial charge in [0.2, 0.25) is 0 Å². The highest BCUT2D eigenvalue weighted by Gasteiger charge is 2.28. The Balaban J connectivity index is 4.67. The van der Waals surface area contributed by atoms with Gasteiger partial charge in [0.15, 0.2) is 6.10 Å². The van der Waals surface area contributed by atoms with E-state index in [0.717, 1.165) is 64.2 Å². The first-order valence-corrected chi connectivity index (χ1v) is 27.1. The van der Waals surface area contributed by atoms with Crippen molar-refractivity contribution in [2.45, 2.75) is 264 Å². The zero-order valence-electron chi connectivity index (χ0n) is 40.1. The van der Waals surface area contributed by atoms with Gasteiger partial charge < -0.3 is 24.2 Å². The van der Waals surface area contributed by atoms with Crippen LogP contribution in [0.25, 0.3) is 0 Å². The lowest BCUT2D eigenvalue weighted by Gasteiger charge is -2.21. The molecule has 0 saturated carbocycles. The second-order valence-electron chi connectivity index (χ2n) is 17.3. The van der Waals surface area contributed by atoms with Gasteiger partial charge in [0.05, 0.1) is 19.8 Å². The van der Waals surface area contributed by atoms with Crippen LogP contribution in [0.1, 0.15) is 252 Å². The molecule has 0 aliphatic rings. The van der Waals surface area contributed by atoms with Gasteiger partial charge in [-0.05, 0) is 44.9 Å². The van der Waals surface area contributed by atoms with E-state index in [4.69, 9.17) is 23.3 Å². The predicted molar refractivity (Wildman–Crippen MR) is 252 cm³/mol. The highest BCUT2D eigenvalue weighted by atomic mass is 31.2. The zero-order valence-corrected chi connectivity index (χ0v) is 41.0. The molecule has 2 N–H and O–H groups in total. The van der Waals surface area contributed by atoms with Crippen LogP contribution in [0.3, 0.4) is 0 Å². The normalized spacial score (nSPS) is 13.6. The average Bonchev–Trinajstić information content (AvgIpc) is 3.25. The SMILES string of the molecule is CCCCCCCC/C=C\CCCCCCCCCC(=O)OC(COC(=O)CCCCCCCCCCC)COP(=O)(O)OCC(CO)OC(=O)CCCCCCCCCCC. The molecule has 0 radical (unpaired) electrons. The van der Waals surface area contributed by atoms with Gasteiger partial charge >= 0.3 is 25.7 Å². The van der Waals surface area contributed by atoms with Crippen molar-refractivity contribution in [1.29, 1.82) is 0 Å². The summed E-state index contributed by atoms with van der Waals surface area (Å²) in [6.45, 7) is 4.60. The second kappa shape index (κ2) is 45.8. The summed E-state index contributed by atoms with van der Waals surface area (Å²) >= 11 is 0. The van der Waals surface area contributed by atoms with Crippen LogP contribution in [0.4, 0.5) is 0 Å².